The Balaban J connectivity index is 1.62. The minimum atomic E-state index is -2.56. The van der Waals surface area contributed by atoms with Crippen molar-refractivity contribution < 1.29 is 8.78 Å². The predicted molar refractivity (Wildman–Crippen MR) is 93.1 cm³/mol. The Hall–Kier alpha value is -2.51. The van der Waals surface area contributed by atoms with Crippen molar-refractivity contribution in [3.8, 4) is 5.82 Å². The SMILES string of the molecule is O=c1[nH]c2c(c(=O)n1-c1ccccn1)CC[C@H](C1CCC(F)(F)CC1)N2. The summed E-state index contributed by atoms with van der Waals surface area (Å²) in [5.74, 6) is -1.74. The van der Waals surface area contributed by atoms with E-state index >= 15 is 0 Å². The molecule has 0 amide bonds. The second-order valence-electron chi connectivity index (χ2n) is 7.10. The van der Waals surface area contributed by atoms with Gasteiger partial charge < -0.3 is 5.32 Å². The van der Waals surface area contributed by atoms with Crippen molar-refractivity contribution in [1.82, 2.24) is 14.5 Å². The Morgan fingerprint density at radius 1 is 1.15 bits per heavy atom. The Labute approximate surface area is 148 Å². The van der Waals surface area contributed by atoms with Gasteiger partial charge in [0, 0.05) is 25.1 Å². The van der Waals surface area contributed by atoms with E-state index in [9.17, 15) is 18.4 Å². The lowest BCUT2D eigenvalue weighted by Crippen LogP contribution is -2.43. The zero-order valence-corrected chi connectivity index (χ0v) is 14.2. The van der Waals surface area contributed by atoms with Crippen LogP contribution < -0.4 is 16.6 Å². The number of hydrogen-bond acceptors (Lipinski definition) is 4. The lowest BCUT2D eigenvalue weighted by atomic mass is 9.79. The first-order valence-electron chi connectivity index (χ1n) is 8.88. The van der Waals surface area contributed by atoms with Crippen LogP contribution in [-0.2, 0) is 6.42 Å². The van der Waals surface area contributed by atoms with Gasteiger partial charge in [-0.2, -0.15) is 0 Å². The van der Waals surface area contributed by atoms with Crippen molar-refractivity contribution in [2.24, 2.45) is 5.92 Å². The molecular weight excluding hydrogens is 342 g/mol. The van der Waals surface area contributed by atoms with Gasteiger partial charge in [-0.25, -0.2) is 23.1 Å². The van der Waals surface area contributed by atoms with E-state index in [2.05, 4.69) is 15.3 Å². The van der Waals surface area contributed by atoms with Crippen molar-refractivity contribution in [3.05, 3.63) is 50.8 Å². The third-order valence-corrected chi connectivity index (χ3v) is 5.44. The third kappa shape index (κ3) is 3.04. The molecule has 1 aliphatic heterocycles. The van der Waals surface area contributed by atoms with E-state index < -0.39 is 11.6 Å². The molecule has 1 aliphatic carbocycles. The second-order valence-corrected chi connectivity index (χ2v) is 7.10. The first kappa shape index (κ1) is 16.9. The van der Waals surface area contributed by atoms with Crippen LogP contribution in [0.5, 0.6) is 0 Å². The molecule has 1 saturated carbocycles. The topological polar surface area (TPSA) is 79.8 Å². The Bertz CT molecular complexity index is 913. The van der Waals surface area contributed by atoms with E-state index in [1.165, 1.54) is 6.20 Å². The van der Waals surface area contributed by atoms with Gasteiger partial charge in [-0.1, -0.05) is 6.07 Å². The molecule has 0 radical (unpaired) electrons. The molecule has 0 spiro atoms. The number of pyridine rings is 1. The average molecular weight is 362 g/mol. The van der Waals surface area contributed by atoms with Crippen LogP contribution in [0.15, 0.2) is 34.0 Å². The fourth-order valence-electron chi connectivity index (χ4n) is 4.00. The second kappa shape index (κ2) is 6.34. The summed E-state index contributed by atoms with van der Waals surface area (Å²) in [7, 11) is 0. The highest BCUT2D eigenvalue weighted by Crippen LogP contribution is 2.39. The molecule has 1 fully saturated rings. The molecular formula is C18H20F2N4O2. The van der Waals surface area contributed by atoms with Crippen LogP contribution in [0.1, 0.15) is 37.7 Å². The summed E-state index contributed by atoms with van der Waals surface area (Å²) in [4.78, 5) is 32.0. The summed E-state index contributed by atoms with van der Waals surface area (Å²) in [6.45, 7) is 0. The zero-order valence-electron chi connectivity index (χ0n) is 14.2. The number of H-pyrrole nitrogens is 1. The number of fused-ring (bicyclic) bond motifs is 1. The van der Waals surface area contributed by atoms with Gasteiger partial charge in [0.25, 0.3) is 5.56 Å². The summed E-state index contributed by atoms with van der Waals surface area (Å²) in [6, 6.07) is 5.02. The maximum atomic E-state index is 13.4. The highest BCUT2D eigenvalue weighted by molar-refractivity contribution is 5.47. The molecule has 3 heterocycles. The molecule has 0 saturated heterocycles. The first-order valence-corrected chi connectivity index (χ1v) is 8.88. The number of halogens is 2. The number of nitrogens with one attached hydrogen (secondary N) is 2. The zero-order chi connectivity index (χ0) is 18.3. The van der Waals surface area contributed by atoms with Gasteiger partial charge in [0.2, 0.25) is 5.92 Å². The summed E-state index contributed by atoms with van der Waals surface area (Å²) < 4.78 is 27.8. The maximum Gasteiger partial charge on any atom is 0.335 e. The van der Waals surface area contributed by atoms with Crippen LogP contribution in [0.25, 0.3) is 5.82 Å². The fraction of sp³-hybridized carbons (Fsp3) is 0.500. The van der Waals surface area contributed by atoms with Crippen LogP contribution in [-0.4, -0.2) is 26.5 Å². The summed E-state index contributed by atoms with van der Waals surface area (Å²) in [6.07, 6.45) is 3.42. The normalized spacial score (nSPS) is 22.5. The van der Waals surface area contributed by atoms with E-state index in [1.54, 1.807) is 18.2 Å². The minimum Gasteiger partial charge on any atom is -0.368 e. The smallest absolute Gasteiger partial charge is 0.335 e. The van der Waals surface area contributed by atoms with Gasteiger partial charge in [-0.05, 0) is 43.7 Å². The summed E-state index contributed by atoms with van der Waals surface area (Å²) >= 11 is 0. The van der Waals surface area contributed by atoms with E-state index in [0.717, 1.165) is 4.57 Å². The molecule has 2 aromatic heterocycles. The molecule has 0 bridgehead atoms. The molecule has 0 aromatic carbocycles. The number of hydrogen-bond donors (Lipinski definition) is 2. The van der Waals surface area contributed by atoms with E-state index in [-0.39, 0.29) is 36.2 Å². The number of nitrogens with zero attached hydrogens (tertiary/aromatic N) is 2. The quantitative estimate of drug-likeness (QED) is 0.860. The Kier molecular flexibility index (Phi) is 4.13. The van der Waals surface area contributed by atoms with Crippen molar-refractivity contribution >= 4 is 5.82 Å². The Morgan fingerprint density at radius 2 is 1.92 bits per heavy atom. The van der Waals surface area contributed by atoms with Gasteiger partial charge >= 0.3 is 5.69 Å². The predicted octanol–water partition coefficient (Wildman–Crippen LogP) is 2.47. The summed E-state index contributed by atoms with van der Waals surface area (Å²) in [5, 5.41) is 3.22. The van der Waals surface area contributed by atoms with Crippen LogP contribution in [0.2, 0.25) is 0 Å². The van der Waals surface area contributed by atoms with Crippen molar-refractivity contribution in [3.63, 3.8) is 0 Å². The number of alkyl halides is 2. The van der Waals surface area contributed by atoms with Gasteiger partial charge in [0.05, 0.1) is 5.56 Å². The Morgan fingerprint density at radius 3 is 2.62 bits per heavy atom. The van der Waals surface area contributed by atoms with Crippen LogP contribution in [0, 0.1) is 5.92 Å². The molecule has 2 N–H and O–H groups in total. The lowest BCUT2D eigenvalue weighted by Gasteiger charge is -2.37. The molecule has 4 rings (SSSR count). The largest absolute Gasteiger partial charge is 0.368 e. The molecule has 138 valence electrons. The molecule has 8 heteroatoms. The molecule has 2 aliphatic rings. The monoisotopic (exact) mass is 362 g/mol. The van der Waals surface area contributed by atoms with Gasteiger partial charge in [-0.3, -0.25) is 9.78 Å². The van der Waals surface area contributed by atoms with Crippen molar-refractivity contribution in [1.29, 1.82) is 0 Å². The average Bonchev–Trinajstić information content (AvgIpc) is 2.62. The standard InChI is InChI=1S/C18H20F2N4O2/c19-18(20)8-6-11(7-9-18)13-5-4-12-15(22-13)23-17(26)24(16(12)25)14-3-1-2-10-21-14/h1-3,10-11,13,22H,4-9H2,(H,23,26)/t13-/m1/s1. The molecule has 6 nitrogen and oxygen atoms in total. The van der Waals surface area contributed by atoms with Crippen molar-refractivity contribution in [2.45, 2.75) is 50.5 Å². The van der Waals surface area contributed by atoms with E-state index in [4.69, 9.17) is 0 Å². The van der Waals surface area contributed by atoms with Gasteiger partial charge in [0.15, 0.2) is 0 Å². The van der Waals surface area contributed by atoms with E-state index in [0.29, 0.717) is 37.1 Å². The van der Waals surface area contributed by atoms with Crippen molar-refractivity contribution in [2.75, 3.05) is 5.32 Å². The number of aromatic nitrogens is 3. The number of aromatic amines is 1. The molecule has 1 atom stereocenters. The van der Waals surface area contributed by atoms with Crippen LogP contribution >= 0.6 is 0 Å². The minimum absolute atomic E-state index is 0.000602. The maximum absolute atomic E-state index is 13.4. The molecule has 26 heavy (non-hydrogen) atoms. The van der Waals surface area contributed by atoms with Gasteiger partial charge in [0.1, 0.15) is 11.6 Å². The molecule has 2 aromatic rings. The van der Waals surface area contributed by atoms with Crippen LogP contribution in [0.3, 0.4) is 0 Å². The van der Waals surface area contributed by atoms with Crippen LogP contribution in [0.4, 0.5) is 14.6 Å². The highest BCUT2D eigenvalue weighted by Gasteiger charge is 2.38. The number of anilines is 1. The fourth-order valence-corrected chi connectivity index (χ4v) is 4.00. The summed E-state index contributed by atoms with van der Waals surface area (Å²) in [5.41, 5.74) is -0.438. The lowest BCUT2D eigenvalue weighted by molar-refractivity contribution is -0.0478. The van der Waals surface area contributed by atoms with Gasteiger partial charge in [-0.15, -0.1) is 0 Å². The first-order chi connectivity index (χ1) is 12.4. The third-order valence-electron chi connectivity index (χ3n) is 5.44. The molecule has 0 unspecified atom stereocenters. The van der Waals surface area contributed by atoms with E-state index in [1.807, 2.05) is 0 Å². The number of rotatable bonds is 2. The highest BCUT2D eigenvalue weighted by atomic mass is 19.3.